The van der Waals surface area contributed by atoms with Gasteiger partial charge in [-0.25, -0.2) is 9.18 Å². The number of halogens is 1. The number of fused-ring (bicyclic) bond motifs is 3. The van der Waals surface area contributed by atoms with Crippen molar-refractivity contribution in [3.05, 3.63) is 47.8 Å². The molecular weight excluding hydrogens is 740 g/mol. The fourth-order valence-corrected chi connectivity index (χ4v) is 9.69. The third-order valence-corrected chi connectivity index (χ3v) is 13.2. The summed E-state index contributed by atoms with van der Waals surface area (Å²) >= 11 is 0. The molecule has 318 valence electrons. The number of likely N-dealkylation sites (tertiary alicyclic amines) is 1. The van der Waals surface area contributed by atoms with E-state index >= 15 is 4.39 Å². The predicted octanol–water partition coefficient (Wildman–Crippen LogP) is 6.19. The number of carbonyl (C=O) groups is 3. The number of hydrogen-bond donors (Lipinski definition) is 5. The first-order valence-corrected chi connectivity index (χ1v) is 21.4. The molecule has 3 saturated carbocycles. The van der Waals surface area contributed by atoms with Gasteiger partial charge in [0, 0.05) is 48.9 Å². The first-order valence-electron chi connectivity index (χ1n) is 21.4. The molecule has 5 N–H and O–H groups in total. The highest BCUT2D eigenvalue weighted by Crippen LogP contribution is 2.50. The van der Waals surface area contributed by atoms with Crippen molar-refractivity contribution in [3.8, 4) is 5.75 Å². The van der Waals surface area contributed by atoms with Gasteiger partial charge in [-0.15, -0.1) is 0 Å². The van der Waals surface area contributed by atoms with Crippen molar-refractivity contribution in [1.29, 1.82) is 0 Å². The van der Waals surface area contributed by atoms with Gasteiger partial charge in [0.2, 0.25) is 5.67 Å². The van der Waals surface area contributed by atoms with Gasteiger partial charge in [0.05, 0.1) is 30.6 Å². The number of hydrogen-bond acceptors (Lipinski definition) is 10. The highest BCUT2D eigenvalue weighted by Gasteiger charge is 2.63. The fraction of sp³-hybridized carbons (Fsp3) is 0.682. The number of anilines is 2. The van der Waals surface area contributed by atoms with Crippen LogP contribution in [0, 0.1) is 11.3 Å². The van der Waals surface area contributed by atoms with Crippen LogP contribution in [-0.2, 0) is 15.2 Å². The quantitative estimate of drug-likeness (QED) is 0.209. The Morgan fingerprint density at radius 1 is 1.03 bits per heavy atom. The number of alkyl halides is 1. The molecule has 14 heteroatoms. The number of benzene rings is 1. The summed E-state index contributed by atoms with van der Waals surface area (Å²) in [5, 5.41) is 17.4. The number of pyridine rings is 1. The molecule has 0 spiro atoms. The number of methoxy groups -OCH3 is 1. The molecule has 7 atom stereocenters. The molecule has 0 radical (unpaired) electrons. The summed E-state index contributed by atoms with van der Waals surface area (Å²) in [7, 11) is 3.50. The number of amides is 3. The van der Waals surface area contributed by atoms with E-state index in [4.69, 9.17) is 9.47 Å². The maximum absolute atomic E-state index is 16.9. The topological polar surface area (TPSA) is 149 Å². The maximum atomic E-state index is 16.9. The summed E-state index contributed by atoms with van der Waals surface area (Å²) in [5.41, 5.74) is -0.996. The van der Waals surface area contributed by atoms with Crippen molar-refractivity contribution in [1.82, 2.24) is 31.2 Å². The smallest absolute Gasteiger partial charge is 0.407 e. The van der Waals surface area contributed by atoms with Crippen LogP contribution in [0.1, 0.15) is 122 Å². The second-order valence-corrected chi connectivity index (χ2v) is 18.9. The van der Waals surface area contributed by atoms with Crippen LogP contribution in [0.3, 0.4) is 0 Å². The van der Waals surface area contributed by atoms with Gasteiger partial charge in [-0.3, -0.25) is 25.2 Å². The molecule has 2 bridgehead atoms. The monoisotopic (exact) mass is 805 g/mol. The maximum Gasteiger partial charge on any atom is 0.407 e. The molecule has 3 amide bonds. The summed E-state index contributed by atoms with van der Waals surface area (Å²) in [6.07, 6.45) is 8.84. The SMILES string of the molecule is CNc1cc(C(=O)N2C[C@H](NC(=O)OC(C)(C)C)[C@H]3CC[C@@H]2C3)cc(OC)c1N(C1CC1)C1(C)NCCCCCC[C@@](F)(c2ccccn2)C(=O)NC2[C@@H](N1)C2(C)C. The van der Waals surface area contributed by atoms with E-state index in [0.717, 1.165) is 62.7 Å². The number of piperidine rings is 1. The van der Waals surface area contributed by atoms with Gasteiger partial charge < -0.3 is 35.2 Å². The van der Waals surface area contributed by atoms with Crippen LogP contribution < -0.4 is 36.2 Å². The Bertz CT molecular complexity index is 1810. The Labute approximate surface area is 343 Å². The number of nitrogens with zero attached hydrogens (tertiary/aromatic N) is 3. The van der Waals surface area contributed by atoms with E-state index in [2.05, 4.69) is 57.2 Å². The molecule has 5 fully saturated rings. The molecule has 7 rings (SSSR count). The number of carbonyl (C=O) groups excluding carboxylic acids is 3. The normalized spacial score (nSPS) is 31.2. The zero-order valence-electron chi connectivity index (χ0n) is 35.7. The van der Waals surface area contributed by atoms with E-state index in [9.17, 15) is 14.4 Å². The van der Waals surface area contributed by atoms with Gasteiger partial charge in [-0.05, 0) is 116 Å². The molecule has 1 aromatic carbocycles. The van der Waals surface area contributed by atoms with Gasteiger partial charge >= 0.3 is 6.09 Å². The van der Waals surface area contributed by atoms with Crippen LogP contribution in [0.15, 0.2) is 36.5 Å². The van der Waals surface area contributed by atoms with Crippen LogP contribution in [0.2, 0.25) is 0 Å². The van der Waals surface area contributed by atoms with E-state index in [0.29, 0.717) is 36.7 Å². The van der Waals surface area contributed by atoms with Crippen molar-refractivity contribution < 1.29 is 28.2 Å². The van der Waals surface area contributed by atoms with Crippen LogP contribution in [-0.4, -0.2) is 96.6 Å². The van der Waals surface area contributed by atoms with Gasteiger partial charge in [-0.1, -0.05) is 32.8 Å². The molecule has 2 aliphatic heterocycles. The second kappa shape index (κ2) is 16.1. The standard InChI is InChI=1S/C44H65FN8O5/c1-41(2,3)58-40(56)49-32-26-52(30-17-16-27(32)23-30)38(54)28-24-31(46-7)35(33(25-28)57-8)53(29-18-19-29)43(6)48-22-13-10-9-12-20-44(45,34-15-11-14-21-47-34)39(55)50-36-37(51-43)42(36,4)5/h11,14-15,21,24-25,27,29-30,32,36-37,46,48,51H,9-10,12-13,16-20,22-23,26H2,1-8H3,(H,49,56)(H,50,55)/t27-,30+,32-,36?,37+,43?,44+/m0/s1. The predicted molar refractivity (Wildman–Crippen MR) is 223 cm³/mol. The minimum Gasteiger partial charge on any atom is -0.494 e. The first-order chi connectivity index (χ1) is 27.5. The molecular formula is C44H65FN8O5. The zero-order valence-corrected chi connectivity index (χ0v) is 35.7. The van der Waals surface area contributed by atoms with Crippen molar-refractivity contribution >= 4 is 29.3 Å². The lowest BCUT2D eigenvalue weighted by Crippen LogP contribution is -2.68. The molecule has 5 aliphatic rings. The minimum atomic E-state index is -2.23. The van der Waals surface area contributed by atoms with E-state index in [1.54, 1.807) is 31.5 Å². The van der Waals surface area contributed by atoms with Crippen molar-refractivity contribution in [2.45, 2.75) is 153 Å². The lowest BCUT2D eigenvalue weighted by atomic mass is 9.92. The number of aromatic nitrogens is 1. The molecule has 3 aliphatic carbocycles. The average Bonchev–Trinajstić information content (AvgIpc) is 4.05. The van der Waals surface area contributed by atoms with Crippen LogP contribution in [0.4, 0.5) is 20.6 Å². The molecule has 1 aromatic heterocycles. The number of nitrogens with one attached hydrogen (secondary N) is 5. The average molecular weight is 805 g/mol. The van der Waals surface area contributed by atoms with Crippen LogP contribution in [0.5, 0.6) is 5.75 Å². The van der Waals surface area contributed by atoms with Crippen LogP contribution >= 0.6 is 0 Å². The highest BCUT2D eigenvalue weighted by atomic mass is 19.1. The second-order valence-electron chi connectivity index (χ2n) is 18.9. The summed E-state index contributed by atoms with van der Waals surface area (Å²) < 4.78 is 28.6. The third-order valence-electron chi connectivity index (χ3n) is 13.2. The summed E-state index contributed by atoms with van der Waals surface area (Å²) in [6.45, 7) is 13.0. The number of ether oxygens (including phenoxy) is 2. The Kier molecular flexibility index (Phi) is 11.7. The Morgan fingerprint density at radius 3 is 2.47 bits per heavy atom. The number of alkyl carbamates (subject to hydrolysis) is 1. The van der Waals surface area contributed by atoms with Crippen LogP contribution in [0.25, 0.3) is 0 Å². The van der Waals surface area contributed by atoms with Gasteiger partial charge in [-0.2, -0.15) is 0 Å². The lowest BCUT2D eigenvalue weighted by Gasteiger charge is -2.46. The van der Waals surface area contributed by atoms with E-state index < -0.39 is 29.1 Å². The molecule has 2 saturated heterocycles. The van der Waals surface area contributed by atoms with E-state index in [-0.39, 0.29) is 53.6 Å². The van der Waals surface area contributed by atoms with Crippen molar-refractivity contribution in [2.75, 3.05) is 37.5 Å². The summed E-state index contributed by atoms with van der Waals surface area (Å²) in [6, 6.07) is 8.38. The van der Waals surface area contributed by atoms with Crippen molar-refractivity contribution in [3.63, 3.8) is 0 Å². The lowest BCUT2D eigenvalue weighted by molar-refractivity contribution is -0.134. The third kappa shape index (κ3) is 8.46. The first kappa shape index (κ1) is 42.0. The zero-order chi connectivity index (χ0) is 41.6. The largest absolute Gasteiger partial charge is 0.494 e. The molecule has 2 aromatic rings. The van der Waals surface area contributed by atoms with Gasteiger partial charge in [0.15, 0.2) is 0 Å². The Balaban J connectivity index is 1.18. The summed E-state index contributed by atoms with van der Waals surface area (Å²) in [5.74, 6) is -0.712. The van der Waals surface area contributed by atoms with Gasteiger partial charge in [0.25, 0.3) is 11.8 Å². The molecule has 2 unspecified atom stereocenters. The van der Waals surface area contributed by atoms with Gasteiger partial charge in [0.1, 0.15) is 22.8 Å². The van der Waals surface area contributed by atoms with E-state index in [1.807, 2.05) is 44.9 Å². The minimum absolute atomic E-state index is 0.0786. The Morgan fingerprint density at radius 2 is 1.79 bits per heavy atom. The molecule has 58 heavy (non-hydrogen) atoms. The Hall–Kier alpha value is -4.17. The number of rotatable bonds is 8. The van der Waals surface area contributed by atoms with Crippen molar-refractivity contribution in [2.24, 2.45) is 11.3 Å². The fourth-order valence-electron chi connectivity index (χ4n) is 9.69. The molecule has 13 nitrogen and oxygen atoms in total. The van der Waals surface area contributed by atoms with E-state index in [1.165, 1.54) is 0 Å². The highest BCUT2D eigenvalue weighted by molar-refractivity contribution is 5.98. The summed E-state index contributed by atoms with van der Waals surface area (Å²) in [4.78, 5) is 49.8. The molecule has 3 heterocycles.